The Bertz CT molecular complexity index is 2740. The fourth-order valence-electron chi connectivity index (χ4n) is 5.92. The second-order valence-electron chi connectivity index (χ2n) is 12.8. The van der Waals surface area contributed by atoms with Gasteiger partial charge in [-0.2, -0.15) is 9.97 Å². The highest BCUT2D eigenvalue weighted by molar-refractivity contribution is 6.66. The minimum Gasteiger partial charge on any atom is -0.399 e. The van der Waals surface area contributed by atoms with Crippen molar-refractivity contribution in [2.24, 2.45) is 0 Å². The van der Waals surface area contributed by atoms with Gasteiger partial charge in [-0.3, -0.25) is 18.7 Å². The number of aromatic nitrogens is 8. The van der Waals surface area contributed by atoms with E-state index in [2.05, 4.69) is 48.4 Å². The Labute approximate surface area is 350 Å². The normalized spacial score (nSPS) is 11.6. The highest BCUT2D eigenvalue weighted by atomic mass is 35.5. The van der Waals surface area contributed by atoms with E-state index in [0.717, 1.165) is 47.6 Å². The van der Waals surface area contributed by atoms with Gasteiger partial charge >= 0.3 is 0 Å². The van der Waals surface area contributed by atoms with Crippen LogP contribution in [0.2, 0.25) is 0 Å². The number of halogens is 1. The Hall–Kier alpha value is -7.75. The quantitative estimate of drug-likeness (QED) is 0.0695. The van der Waals surface area contributed by atoms with Crippen LogP contribution in [0.3, 0.4) is 0 Å². The molecular weight excluding hydrogens is 780 g/mol. The topological polar surface area (TPSA) is 221 Å². The molecule has 9 rings (SSSR count). The van der Waals surface area contributed by atoms with Crippen LogP contribution in [0, 0.1) is 0 Å². The molecule has 1 saturated heterocycles. The van der Waals surface area contributed by atoms with Gasteiger partial charge < -0.3 is 27.3 Å². The van der Waals surface area contributed by atoms with E-state index in [4.69, 9.17) is 33.5 Å². The molecule has 60 heavy (non-hydrogen) atoms. The summed E-state index contributed by atoms with van der Waals surface area (Å²) in [4.78, 5) is 47.3. The van der Waals surface area contributed by atoms with Crippen molar-refractivity contribution >= 4 is 68.3 Å². The molecule has 302 valence electrons. The molecule has 0 aliphatic carbocycles. The SMILES string of the molecule is C1CCOC1.C=CC(=O)Cl.C=CC(=O)Nc1cccc(-n2c(-c3ccccc3)nc3cnc(N)nc32)c1.Nc1cccc(-n2c(-c3ccccc3)nc3cnc(N)nc32)c1. The van der Waals surface area contributed by atoms with Crippen molar-refractivity contribution in [1.82, 2.24) is 39.0 Å². The number of hydrogen-bond donors (Lipinski definition) is 4. The summed E-state index contributed by atoms with van der Waals surface area (Å²) in [6.45, 7) is 8.55. The summed E-state index contributed by atoms with van der Waals surface area (Å²) in [6, 6.07) is 34.7. The van der Waals surface area contributed by atoms with Gasteiger partial charge in [-0.05, 0) is 73.0 Å². The highest BCUT2D eigenvalue weighted by Crippen LogP contribution is 2.30. The highest BCUT2D eigenvalue weighted by Gasteiger charge is 2.18. The molecule has 0 spiro atoms. The zero-order valence-corrected chi connectivity index (χ0v) is 33.1. The largest absolute Gasteiger partial charge is 0.399 e. The standard InChI is InChI=1S/C20H16N6O.C17H14N6.C4H8O.C3H3ClO/c1-2-17(27)23-14-9-6-10-15(11-14)26-18(13-7-4-3-5-8-13)24-16-12-22-20(21)25-19(16)26;18-12-7-4-8-13(9-12)23-15(11-5-2-1-3-6-11)21-14-10-20-17(19)22-16(14)23;1-2-4-5-3-1;1-2-3(4)5/h2-12H,1H2,(H,23,27)(H2,21,22,25);1-10H,18H2,(H2,19,20,22);1-4H2;2H,1H2. The first-order valence-corrected chi connectivity index (χ1v) is 18.9. The maximum atomic E-state index is 11.6. The number of fused-ring (bicyclic) bond motifs is 2. The van der Waals surface area contributed by atoms with Crippen LogP contribution in [0.4, 0.5) is 23.3 Å². The molecule has 0 saturated carbocycles. The van der Waals surface area contributed by atoms with Gasteiger partial charge in [-0.25, -0.2) is 19.9 Å². The van der Waals surface area contributed by atoms with Crippen molar-refractivity contribution in [2.45, 2.75) is 12.8 Å². The summed E-state index contributed by atoms with van der Waals surface area (Å²) < 4.78 is 8.78. The molecule has 8 aromatic rings. The van der Waals surface area contributed by atoms with Crippen LogP contribution in [-0.4, -0.2) is 63.4 Å². The van der Waals surface area contributed by atoms with Crippen molar-refractivity contribution in [3.63, 3.8) is 0 Å². The molecule has 1 amide bonds. The van der Waals surface area contributed by atoms with Crippen LogP contribution >= 0.6 is 11.6 Å². The lowest BCUT2D eigenvalue weighted by Crippen LogP contribution is -2.08. The van der Waals surface area contributed by atoms with E-state index >= 15 is 0 Å². The summed E-state index contributed by atoms with van der Waals surface area (Å²) in [6.07, 6.45) is 8.06. The van der Waals surface area contributed by atoms with E-state index in [1.807, 2.05) is 112 Å². The summed E-state index contributed by atoms with van der Waals surface area (Å²) in [5.41, 5.74) is 24.9. The number of carbonyl (C=O) groups excluding carboxylic acids is 2. The number of nitrogens with two attached hydrogens (primary N) is 3. The third-order valence-electron chi connectivity index (χ3n) is 8.57. The molecule has 4 aromatic heterocycles. The minimum absolute atomic E-state index is 0.166. The zero-order chi connectivity index (χ0) is 42.4. The van der Waals surface area contributed by atoms with Crippen LogP contribution in [-0.2, 0) is 14.3 Å². The van der Waals surface area contributed by atoms with Crippen LogP contribution in [0.1, 0.15) is 12.8 Å². The van der Waals surface area contributed by atoms with Crippen LogP contribution in [0.25, 0.3) is 56.5 Å². The van der Waals surface area contributed by atoms with Crippen molar-refractivity contribution in [3.05, 3.63) is 147 Å². The third kappa shape index (κ3) is 10.6. The van der Waals surface area contributed by atoms with Gasteiger partial charge in [0, 0.05) is 35.7 Å². The Kier molecular flexibility index (Phi) is 14.0. The van der Waals surface area contributed by atoms with Gasteiger partial charge in [-0.15, -0.1) is 0 Å². The van der Waals surface area contributed by atoms with Gasteiger partial charge in [0.1, 0.15) is 22.7 Å². The molecule has 15 nitrogen and oxygen atoms in total. The molecule has 0 bridgehead atoms. The predicted molar refractivity (Wildman–Crippen MR) is 237 cm³/mol. The fourth-order valence-corrected chi connectivity index (χ4v) is 5.92. The second-order valence-corrected chi connectivity index (χ2v) is 13.2. The lowest BCUT2D eigenvalue weighted by Gasteiger charge is -2.11. The third-order valence-corrected chi connectivity index (χ3v) is 8.73. The lowest BCUT2D eigenvalue weighted by molar-refractivity contribution is -0.112. The van der Waals surface area contributed by atoms with Crippen molar-refractivity contribution in [1.29, 1.82) is 0 Å². The molecule has 4 aromatic carbocycles. The molecule has 0 atom stereocenters. The molecule has 1 aliphatic rings. The van der Waals surface area contributed by atoms with E-state index in [-0.39, 0.29) is 17.8 Å². The number of amides is 1. The average molecular weight is 821 g/mol. The summed E-state index contributed by atoms with van der Waals surface area (Å²) in [7, 11) is 0. The van der Waals surface area contributed by atoms with Gasteiger partial charge in [0.15, 0.2) is 11.3 Å². The monoisotopic (exact) mass is 820 g/mol. The molecule has 0 radical (unpaired) electrons. The van der Waals surface area contributed by atoms with E-state index in [0.29, 0.717) is 39.5 Å². The summed E-state index contributed by atoms with van der Waals surface area (Å²) >= 11 is 4.71. The number of hydrogen-bond acceptors (Lipinski definition) is 12. The second kappa shape index (κ2) is 20.1. The fraction of sp³-hybridized carbons (Fsp3) is 0.0909. The average Bonchev–Trinajstić information content (AvgIpc) is 4.05. The van der Waals surface area contributed by atoms with E-state index in [1.165, 1.54) is 18.9 Å². The first-order valence-electron chi connectivity index (χ1n) is 18.6. The first-order chi connectivity index (χ1) is 29.1. The Morgan fingerprint density at radius 3 is 1.57 bits per heavy atom. The molecule has 7 N–H and O–H groups in total. The number of benzene rings is 4. The minimum atomic E-state index is -0.509. The number of anilines is 4. The number of imidazole rings is 2. The molecular formula is C44H41ClN12O3. The van der Waals surface area contributed by atoms with E-state index < -0.39 is 5.24 Å². The molecule has 0 unspecified atom stereocenters. The number of allylic oxidation sites excluding steroid dienone is 1. The smallest absolute Gasteiger partial charge is 0.247 e. The van der Waals surface area contributed by atoms with E-state index in [9.17, 15) is 9.59 Å². The van der Waals surface area contributed by atoms with Crippen molar-refractivity contribution in [3.8, 4) is 34.2 Å². The number of nitrogens with one attached hydrogen (secondary N) is 1. The van der Waals surface area contributed by atoms with Gasteiger partial charge in [0.25, 0.3) is 0 Å². The zero-order valence-electron chi connectivity index (χ0n) is 32.4. The number of nitrogens with zero attached hydrogens (tertiary/aromatic N) is 8. The maximum absolute atomic E-state index is 11.6. The Balaban J connectivity index is 0.000000165. The number of carbonyl (C=O) groups is 2. The Morgan fingerprint density at radius 1 is 0.650 bits per heavy atom. The first kappa shape index (κ1) is 41.9. The van der Waals surface area contributed by atoms with Crippen LogP contribution in [0.15, 0.2) is 147 Å². The van der Waals surface area contributed by atoms with Crippen LogP contribution in [0.5, 0.6) is 0 Å². The van der Waals surface area contributed by atoms with Gasteiger partial charge in [-0.1, -0.05) is 86.0 Å². The molecule has 1 aliphatic heterocycles. The predicted octanol–water partition coefficient (Wildman–Crippen LogP) is 7.57. The summed E-state index contributed by atoms with van der Waals surface area (Å²) in [5, 5.41) is 2.26. The maximum Gasteiger partial charge on any atom is 0.247 e. The van der Waals surface area contributed by atoms with Crippen LogP contribution < -0.4 is 22.5 Å². The Morgan fingerprint density at radius 2 is 1.13 bits per heavy atom. The lowest BCUT2D eigenvalue weighted by atomic mass is 10.2. The van der Waals surface area contributed by atoms with E-state index in [1.54, 1.807) is 18.5 Å². The molecule has 5 heterocycles. The van der Waals surface area contributed by atoms with Crippen molar-refractivity contribution < 1.29 is 14.3 Å². The number of ether oxygens (including phenoxy) is 1. The summed E-state index contributed by atoms with van der Waals surface area (Å²) in [5.74, 6) is 1.57. The molecule has 1 fully saturated rings. The number of rotatable bonds is 7. The number of nitrogen functional groups attached to an aromatic ring is 3. The van der Waals surface area contributed by atoms with Gasteiger partial charge in [0.2, 0.25) is 23.0 Å². The van der Waals surface area contributed by atoms with Crippen molar-refractivity contribution in [2.75, 3.05) is 35.7 Å². The molecule has 16 heteroatoms. The van der Waals surface area contributed by atoms with Gasteiger partial charge in [0.05, 0.1) is 23.8 Å².